The molecule has 0 atom stereocenters. The Morgan fingerprint density at radius 2 is 2.25 bits per heavy atom. The van der Waals surface area contributed by atoms with Crippen molar-refractivity contribution in [1.29, 1.82) is 0 Å². The molecule has 0 aromatic carbocycles. The molecule has 12 heavy (non-hydrogen) atoms. The Labute approximate surface area is 81.3 Å². The number of hydrogen-bond acceptors (Lipinski definition) is 2. The van der Waals surface area contributed by atoms with Gasteiger partial charge in [0.25, 0.3) is 0 Å². The quantitative estimate of drug-likeness (QED) is 0.846. The zero-order valence-corrected chi connectivity index (χ0v) is 8.93. The summed E-state index contributed by atoms with van der Waals surface area (Å²) in [6.07, 6.45) is 2.74. The molecule has 0 unspecified atom stereocenters. The minimum atomic E-state index is 0.623. The maximum atomic E-state index is 5.71. The molecule has 2 N–H and O–H groups in total. The van der Waals surface area contributed by atoms with Gasteiger partial charge in [-0.1, -0.05) is 13.8 Å². The van der Waals surface area contributed by atoms with Crippen molar-refractivity contribution in [2.24, 2.45) is 5.92 Å². The van der Waals surface area contributed by atoms with Crippen LogP contribution in [0.5, 0.6) is 0 Å². The van der Waals surface area contributed by atoms with Crippen molar-refractivity contribution in [2.75, 3.05) is 5.73 Å². The number of pyridine rings is 1. The van der Waals surface area contributed by atoms with E-state index in [-0.39, 0.29) is 0 Å². The summed E-state index contributed by atoms with van der Waals surface area (Å²) in [7, 11) is 0. The maximum absolute atomic E-state index is 5.71. The lowest BCUT2D eigenvalue weighted by molar-refractivity contribution is 0.635. The SMILES string of the molecule is CC(C)Cc1cc(N)c(Br)cn1. The highest BCUT2D eigenvalue weighted by Crippen LogP contribution is 2.19. The molecular weight excluding hydrogens is 216 g/mol. The van der Waals surface area contributed by atoms with Crippen LogP contribution >= 0.6 is 15.9 Å². The van der Waals surface area contributed by atoms with E-state index in [2.05, 4.69) is 34.8 Å². The largest absolute Gasteiger partial charge is 0.398 e. The minimum absolute atomic E-state index is 0.623. The lowest BCUT2D eigenvalue weighted by atomic mass is 10.1. The van der Waals surface area contributed by atoms with Crippen LogP contribution in [0, 0.1) is 5.92 Å². The van der Waals surface area contributed by atoms with Crippen LogP contribution in [0.4, 0.5) is 5.69 Å². The van der Waals surface area contributed by atoms with Gasteiger partial charge >= 0.3 is 0 Å². The number of halogens is 1. The lowest BCUT2D eigenvalue weighted by Gasteiger charge is -2.05. The minimum Gasteiger partial charge on any atom is -0.398 e. The number of nitrogens with two attached hydrogens (primary N) is 1. The van der Waals surface area contributed by atoms with Crippen LogP contribution in [0.2, 0.25) is 0 Å². The van der Waals surface area contributed by atoms with E-state index in [9.17, 15) is 0 Å². The molecule has 2 nitrogen and oxygen atoms in total. The normalized spacial score (nSPS) is 10.7. The molecule has 0 aliphatic rings. The van der Waals surface area contributed by atoms with Crippen LogP contribution in [0.25, 0.3) is 0 Å². The molecule has 0 saturated carbocycles. The van der Waals surface area contributed by atoms with Crippen molar-refractivity contribution in [3.63, 3.8) is 0 Å². The summed E-state index contributed by atoms with van der Waals surface area (Å²) in [5.74, 6) is 0.623. The lowest BCUT2D eigenvalue weighted by Crippen LogP contribution is -1.98. The first-order valence-electron chi connectivity index (χ1n) is 3.99. The molecule has 0 spiro atoms. The molecule has 66 valence electrons. The summed E-state index contributed by atoms with van der Waals surface area (Å²) in [4.78, 5) is 4.25. The Morgan fingerprint density at radius 3 is 2.75 bits per heavy atom. The van der Waals surface area contributed by atoms with E-state index >= 15 is 0 Å². The summed E-state index contributed by atoms with van der Waals surface area (Å²) in [5, 5.41) is 0. The summed E-state index contributed by atoms with van der Waals surface area (Å²) >= 11 is 3.31. The van der Waals surface area contributed by atoms with E-state index in [0.29, 0.717) is 5.92 Å². The zero-order valence-electron chi connectivity index (χ0n) is 7.34. The number of nitrogens with zero attached hydrogens (tertiary/aromatic N) is 1. The van der Waals surface area contributed by atoms with E-state index < -0.39 is 0 Å². The highest BCUT2D eigenvalue weighted by molar-refractivity contribution is 9.10. The topological polar surface area (TPSA) is 38.9 Å². The molecule has 0 bridgehead atoms. The van der Waals surface area contributed by atoms with Gasteiger partial charge in [-0.25, -0.2) is 0 Å². The maximum Gasteiger partial charge on any atom is 0.0588 e. The molecule has 1 heterocycles. The number of hydrogen-bond donors (Lipinski definition) is 1. The van der Waals surface area contributed by atoms with E-state index in [0.717, 1.165) is 22.3 Å². The zero-order chi connectivity index (χ0) is 9.14. The molecular formula is C9H13BrN2. The van der Waals surface area contributed by atoms with Gasteiger partial charge in [0.05, 0.1) is 4.47 Å². The molecule has 0 radical (unpaired) electrons. The van der Waals surface area contributed by atoms with Crippen molar-refractivity contribution < 1.29 is 0 Å². The Bertz CT molecular complexity index is 271. The van der Waals surface area contributed by atoms with Gasteiger partial charge in [0.15, 0.2) is 0 Å². The molecule has 0 amide bonds. The Hall–Kier alpha value is -0.570. The van der Waals surface area contributed by atoms with Gasteiger partial charge in [-0.2, -0.15) is 0 Å². The van der Waals surface area contributed by atoms with E-state index in [1.54, 1.807) is 6.20 Å². The average molecular weight is 229 g/mol. The number of nitrogen functional groups attached to an aromatic ring is 1. The standard InChI is InChI=1S/C9H13BrN2/c1-6(2)3-7-4-9(11)8(10)5-12-7/h4-6H,3H2,1-2H3,(H2,11,12). The second kappa shape index (κ2) is 3.90. The molecule has 1 rings (SSSR count). The van der Waals surface area contributed by atoms with Crippen LogP contribution in [0.1, 0.15) is 19.5 Å². The third-order valence-electron chi connectivity index (χ3n) is 1.56. The smallest absolute Gasteiger partial charge is 0.0588 e. The number of aromatic nitrogens is 1. The molecule has 3 heteroatoms. The summed E-state index contributed by atoms with van der Waals surface area (Å²) < 4.78 is 0.870. The Balaban J connectivity index is 2.82. The second-order valence-electron chi connectivity index (χ2n) is 3.30. The van der Waals surface area contributed by atoms with Crippen LogP contribution < -0.4 is 5.73 Å². The van der Waals surface area contributed by atoms with Gasteiger partial charge in [-0.15, -0.1) is 0 Å². The van der Waals surface area contributed by atoms with Crippen LogP contribution in [-0.2, 0) is 6.42 Å². The molecule has 0 aliphatic heterocycles. The third-order valence-corrected chi connectivity index (χ3v) is 2.22. The van der Waals surface area contributed by atoms with Crippen LogP contribution in [0.3, 0.4) is 0 Å². The third kappa shape index (κ3) is 2.48. The summed E-state index contributed by atoms with van der Waals surface area (Å²) in [6.45, 7) is 4.33. The molecule has 0 saturated heterocycles. The van der Waals surface area contributed by atoms with Crippen molar-refractivity contribution >= 4 is 21.6 Å². The van der Waals surface area contributed by atoms with Crippen molar-refractivity contribution in [3.8, 4) is 0 Å². The van der Waals surface area contributed by atoms with E-state index in [4.69, 9.17) is 5.73 Å². The molecule has 1 aromatic rings. The van der Waals surface area contributed by atoms with Gasteiger partial charge in [0.1, 0.15) is 0 Å². The monoisotopic (exact) mass is 228 g/mol. The van der Waals surface area contributed by atoms with Gasteiger partial charge in [-0.3, -0.25) is 4.98 Å². The highest BCUT2D eigenvalue weighted by atomic mass is 79.9. The fourth-order valence-electron chi connectivity index (χ4n) is 1.03. The van der Waals surface area contributed by atoms with E-state index in [1.165, 1.54) is 0 Å². The predicted octanol–water partition coefficient (Wildman–Crippen LogP) is 2.62. The van der Waals surface area contributed by atoms with Gasteiger partial charge in [-0.05, 0) is 34.3 Å². The highest BCUT2D eigenvalue weighted by Gasteiger charge is 2.01. The summed E-state index contributed by atoms with van der Waals surface area (Å²) in [5.41, 5.74) is 7.53. The van der Waals surface area contributed by atoms with Crippen molar-refractivity contribution in [1.82, 2.24) is 4.98 Å². The first kappa shape index (κ1) is 9.52. The first-order chi connectivity index (χ1) is 5.59. The van der Waals surface area contributed by atoms with Crippen molar-refractivity contribution in [2.45, 2.75) is 20.3 Å². The molecule has 1 aromatic heterocycles. The fourth-order valence-corrected chi connectivity index (χ4v) is 1.25. The Kier molecular flexibility index (Phi) is 3.09. The van der Waals surface area contributed by atoms with Gasteiger partial charge in [0, 0.05) is 17.6 Å². The van der Waals surface area contributed by atoms with Gasteiger partial charge in [0.2, 0.25) is 0 Å². The molecule has 0 aliphatic carbocycles. The fraction of sp³-hybridized carbons (Fsp3) is 0.444. The average Bonchev–Trinajstić information content (AvgIpc) is 1.96. The first-order valence-corrected chi connectivity index (χ1v) is 4.78. The predicted molar refractivity (Wildman–Crippen MR) is 54.9 cm³/mol. The Morgan fingerprint density at radius 1 is 1.58 bits per heavy atom. The van der Waals surface area contributed by atoms with E-state index in [1.807, 2.05) is 6.07 Å². The van der Waals surface area contributed by atoms with Crippen molar-refractivity contribution in [3.05, 3.63) is 22.4 Å². The van der Waals surface area contributed by atoms with Crippen LogP contribution in [-0.4, -0.2) is 4.98 Å². The summed E-state index contributed by atoms with van der Waals surface area (Å²) in [6, 6.07) is 1.92. The van der Waals surface area contributed by atoms with Gasteiger partial charge < -0.3 is 5.73 Å². The molecule has 0 fully saturated rings. The number of rotatable bonds is 2. The van der Waals surface area contributed by atoms with Crippen LogP contribution in [0.15, 0.2) is 16.7 Å². The number of anilines is 1. The second-order valence-corrected chi connectivity index (χ2v) is 4.15.